The van der Waals surface area contributed by atoms with Gasteiger partial charge in [0.15, 0.2) is 5.76 Å². The van der Waals surface area contributed by atoms with E-state index < -0.39 is 6.04 Å². The number of carbonyl (C=O) groups excluding carboxylic acids is 2. The van der Waals surface area contributed by atoms with E-state index in [1.54, 1.807) is 17.0 Å². The van der Waals surface area contributed by atoms with Gasteiger partial charge < -0.3 is 20.0 Å². The highest BCUT2D eigenvalue weighted by molar-refractivity contribution is 5.96. The number of amides is 2. The second-order valence-electron chi connectivity index (χ2n) is 7.48. The predicted octanol–water partition coefficient (Wildman–Crippen LogP) is 2.53. The van der Waals surface area contributed by atoms with Gasteiger partial charge in [-0.2, -0.15) is 0 Å². The first-order chi connectivity index (χ1) is 13.1. The SMILES string of the molecule is CC1CC(NC(=O)C2Cc3ccccc3CN2C(=O)c2ccco2)CCN1.Cl. The van der Waals surface area contributed by atoms with Crippen molar-refractivity contribution in [1.29, 1.82) is 0 Å². The maximum absolute atomic E-state index is 13.1. The Hall–Kier alpha value is -2.31. The molecule has 28 heavy (non-hydrogen) atoms. The molecule has 3 heterocycles. The molecule has 1 fully saturated rings. The monoisotopic (exact) mass is 403 g/mol. The summed E-state index contributed by atoms with van der Waals surface area (Å²) in [5, 5.41) is 6.57. The first-order valence-electron chi connectivity index (χ1n) is 9.57. The minimum atomic E-state index is -0.525. The summed E-state index contributed by atoms with van der Waals surface area (Å²) in [5.41, 5.74) is 2.21. The topological polar surface area (TPSA) is 74.6 Å². The Labute approximate surface area is 171 Å². The molecule has 0 spiro atoms. The molecular weight excluding hydrogens is 378 g/mol. The van der Waals surface area contributed by atoms with Crippen LogP contribution < -0.4 is 10.6 Å². The maximum Gasteiger partial charge on any atom is 0.290 e. The van der Waals surface area contributed by atoms with Crippen LogP contribution in [0.3, 0.4) is 0 Å². The smallest absolute Gasteiger partial charge is 0.290 e. The van der Waals surface area contributed by atoms with Gasteiger partial charge in [0.25, 0.3) is 5.91 Å². The van der Waals surface area contributed by atoms with Crippen LogP contribution in [0.5, 0.6) is 0 Å². The van der Waals surface area contributed by atoms with Crippen LogP contribution in [-0.4, -0.2) is 41.4 Å². The molecule has 6 nitrogen and oxygen atoms in total. The molecule has 0 aliphatic carbocycles. The molecule has 2 N–H and O–H groups in total. The van der Waals surface area contributed by atoms with Crippen molar-refractivity contribution in [2.75, 3.05) is 6.54 Å². The number of benzene rings is 1. The zero-order valence-electron chi connectivity index (χ0n) is 15.9. The van der Waals surface area contributed by atoms with Gasteiger partial charge in [-0.1, -0.05) is 24.3 Å². The van der Waals surface area contributed by atoms with Crippen LogP contribution >= 0.6 is 12.4 Å². The van der Waals surface area contributed by atoms with Gasteiger partial charge in [0.05, 0.1) is 6.26 Å². The summed E-state index contributed by atoms with van der Waals surface area (Å²) in [4.78, 5) is 27.7. The second kappa shape index (κ2) is 8.80. The van der Waals surface area contributed by atoms with Crippen LogP contribution in [0.25, 0.3) is 0 Å². The molecule has 3 atom stereocenters. The Morgan fingerprint density at radius 1 is 1.18 bits per heavy atom. The van der Waals surface area contributed by atoms with Crippen molar-refractivity contribution < 1.29 is 14.0 Å². The van der Waals surface area contributed by atoms with E-state index in [0.29, 0.717) is 19.0 Å². The number of piperidine rings is 1. The van der Waals surface area contributed by atoms with Crippen LogP contribution in [0.4, 0.5) is 0 Å². The van der Waals surface area contributed by atoms with Crippen molar-refractivity contribution in [2.24, 2.45) is 0 Å². The minimum absolute atomic E-state index is 0. The summed E-state index contributed by atoms with van der Waals surface area (Å²) in [6.07, 6.45) is 3.82. The number of hydrogen-bond acceptors (Lipinski definition) is 4. The van der Waals surface area contributed by atoms with Gasteiger partial charge in [0, 0.05) is 25.0 Å². The van der Waals surface area contributed by atoms with Crippen LogP contribution in [0.2, 0.25) is 0 Å². The fourth-order valence-electron chi connectivity index (χ4n) is 4.07. The molecule has 150 valence electrons. The molecule has 7 heteroatoms. The second-order valence-corrected chi connectivity index (χ2v) is 7.48. The van der Waals surface area contributed by atoms with Gasteiger partial charge in [0.2, 0.25) is 5.91 Å². The summed E-state index contributed by atoms with van der Waals surface area (Å²) in [5.74, 6) is -0.0560. The summed E-state index contributed by atoms with van der Waals surface area (Å²) in [6, 6.07) is 11.3. The van der Waals surface area contributed by atoms with E-state index in [9.17, 15) is 9.59 Å². The van der Waals surface area contributed by atoms with Crippen molar-refractivity contribution in [1.82, 2.24) is 15.5 Å². The van der Waals surface area contributed by atoms with Crippen LogP contribution in [-0.2, 0) is 17.8 Å². The molecular formula is C21H26ClN3O3. The molecule has 2 aliphatic heterocycles. The zero-order chi connectivity index (χ0) is 18.8. The van der Waals surface area contributed by atoms with Gasteiger partial charge in [-0.3, -0.25) is 9.59 Å². The highest BCUT2D eigenvalue weighted by Crippen LogP contribution is 2.25. The lowest BCUT2D eigenvalue weighted by atomic mass is 9.92. The number of fused-ring (bicyclic) bond motifs is 1. The Bertz CT molecular complexity index is 824. The van der Waals surface area contributed by atoms with Crippen molar-refractivity contribution in [3.05, 3.63) is 59.5 Å². The van der Waals surface area contributed by atoms with E-state index in [4.69, 9.17) is 4.42 Å². The average Bonchev–Trinajstić information content (AvgIpc) is 3.21. The molecule has 0 radical (unpaired) electrons. The molecule has 2 amide bonds. The first-order valence-corrected chi connectivity index (χ1v) is 9.57. The largest absolute Gasteiger partial charge is 0.459 e. The molecule has 4 rings (SSSR count). The number of hydrogen-bond donors (Lipinski definition) is 2. The quantitative estimate of drug-likeness (QED) is 0.825. The van der Waals surface area contributed by atoms with Crippen LogP contribution in [0.15, 0.2) is 47.1 Å². The van der Waals surface area contributed by atoms with Crippen LogP contribution in [0.1, 0.15) is 41.4 Å². The molecule has 1 aromatic heterocycles. The van der Waals surface area contributed by atoms with E-state index in [0.717, 1.165) is 30.5 Å². The van der Waals surface area contributed by atoms with Crippen molar-refractivity contribution in [2.45, 2.75) is 50.9 Å². The van der Waals surface area contributed by atoms with Gasteiger partial charge >= 0.3 is 0 Å². The molecule has 3 unspecified atom stereocenters. The normalized spacial score (nSPS) is 24.0. The molecule has 0 bridgehead atoms. The van der Waals surface area contributed by atoms with Gasteiger partial charge in [0.1, 0.15) is 6.04 Å². The summed E-state index contributed by atoms with van der Waals surface area (Å²) in [7, 11) is 0. The number of halogens is 1. The lowest BCUT2D eigenvalue weighted by Crippen LogP contribution is -2.56. The highest BCUT2D eigenvalue weighted by atomic mass is 35.5. The van der Waals surface area contributed by atoms with E-state index in [1.807, 2.05) is 24.3 Å². The lowest BCUT2D eigenvalue weighted by molar-refractivity contribution is -0.127. The summed E-state index contributed by atoms with van der Waals surface area (Å²) < 4.78 is 5.30. The molecule has 1 aromatic carbocycles. The highest BCUT2D eigenvalue weighted by Gasteiger charge is 2.36. The predicted molar refractivity (Wildman–Crippen MR) is 108 cm³/mol. The number of carbonyl (C=O) groups is 2. The lowest BCUT2D eigenvalue weighted by Gasteiger charge is -2.37. The van der Waals surface area contributed by atoms with E-state index in [1.165, 1.54) is 6.26 Å². The summed E-state index contributed by atoms with van der Waals surface area (Å²) in [6.45, 7) is 3.44. The average molecular weight is 404 g/mol. The molecule has 1 saturated heterocycles. The maximum atomic E-state index is 13.1. The Balaban J connectivity index is 0.00000225. The van der Waals surface area contributed by atoms with Gasteiger partial charge in [-0.15, -0.1) is 12.4 Å². The minimum Gasteiger partial charge on any atom is -0.459 e. The van der Waals surface area contributed by atoms with Gasteiger partial charge in [-0.25, -0.2) is 0 Å². The third kappa shape index (κ3) is 4.23. The summed E-state index contributed by atoms with van der Waals surface area (Å²) >= 11 is 0. The number of nitrogens with zero attached hydrogens (tertiary/aromatic N) is 1. The fraction of sp³-hybridized carbons (Fsp3) is 0.429. The number of nitrogens with one attached hydrogen (secondary N) is 2. The third-order valence-electron chi connectivity index (χ3n) is 5.51. The Morgan fingerprint density at radius 3 is 2.68 bits per heavy atom. The first kappa shape index (κ1) is 20.4. The fourth-order valence-corrected chi connectivity index (χ4v) is 4.07. The zero-order valence-corrected chi connectivity index (χ0v) is 16.7. The van der Waals surface area contributed by atoms with E-state index in [2.05, 4.69) is 17.6 Å². The van der Waals surface area contributed by atoms with E-state index >= 15 is 0 Å². The van der Waals surface area contributed by atoms with Crippen molar-refractivity contribution in [3.63, 3.8) is 0 Å². The number of furan rings is 1. The molecule has 2 aliphatic rings. The number of rotatable bonds is 3. The van der Waals surface area contributed by atoms with Gasteiger partial charge in [-0.05, 0) is 49.6 Å². The van der Waals surface area contributed by atoms with Crippen molar-refractivity contribution in [3.8, 4) is 0 Å². The Kier molecular flexibility index (Phi) is 6.42. The molecule has 2 aromatic rings. The van der Waals surface area contributed by atoms with E-state index in [-0.39, 0.29) is 36.0 Å². The molecule has 0 saturated carbocycles. The third-order valence-corrected chi connectivity index (χ3v) is 5.51. The van der Waals surface area contributed by atoms with Crippen molar-refractivity contribution >= 4 is 24.2 Å². The standard InChI is InChI=1S/C21H25N3O3.ClH/c1-14-11-17(8-9-22-14)23-20(25)18-12-15-5-2-3-6-16(15)13-24(18)21(26)19-7-4-10-27-19;/h2-7,10,14,17-18,22H,8-9,11-13H2,1H3,(H,23,25);1H. The van der Waals surface area contributed by atoms with Crippen LogP contribution in [0, 0.1) is 0 Å². The Morgan fingerprint density at radius 2 is 1.96 bits per heavy atom.